The minimum atomic E-state index is -0.0111. The molecule has 0 bridgehead atoms. The van der Waals surface area contributed by atoms with Gasteiger partial charge in [-0.3, -0.25) is 9.78 Å². The van der Waals surface area contributed by atoms with Crippen molar-refractivity contribution < 1.29 is 4.79 Å². The van der Waals surface area contributed by atoms with Crippen LogP contribution in [0.5, 0.6) is 0 Å². The quantitative estimate of drug-likeness (QED) is 0.645. The van der Waals surface area contributed by atoms with Gasteiger partial charge in [-0.25, -0.2) is 0 Å². The van der Waals surface area contributed by atoms with Gasteiger partial charge in [0.1, 0.15) is 0 Å². The Morgan fingerprint density at radius 1 is 1.21 bits per heavy atom. The molecule has 0 aliphatic carbocycles. The number of likely N-dealkylation sites (N-methyl/N-ethyl adjacent to an activating group) is 1. The lowest BCUT2D eigenvalue weighted by Crippen LogP contribution is -2.45. The Morgan fingerprint density at radius 3 is 2.71 bits per heavy atom. The minimum absolute atomic E-state index is 0.0111. The van der Waals surface area contributed by atoms with E-state index in [-0.39, 0.29) is 11.9 Å². The number of benzene rings is 1. The second kappa shape index (κ2) is 10.1. The second-order valence-electron chi connectivity index (χ2n) is 7.07. The first-order valence-corrected chi connectivity index (χ1v) is 10.3. The topological polar surface area (TPSA) is 36.4 Å². The summed E-state index contributed by atoms with van der Waals surface area (Å²) < 4.78 is 0. The highest BCUT2D eigenvalue weighted by molar-refractivity contribution is 6.42. The van der Waals surface area contributed by atoms with Crippen LogP contribution in [0.3, 0.4) is 0 Å². The van der Waals surface area contributed by atoms with Crippen LogP contribution in [0.4, 0.5) is 0 Å². The molecule has 6 heteroatoms. The molecule has 4 nitrogen and oxygen atoms in total. The highest BCUT2D eigenvalue weighted by Gasteiger charge is 2.24. The molecule has 0 radical (unpaired) electrons. The van der Waals surface area contributed by atoms with Gasteiger partial charge in [0.05, 0.1) is 10.0 Å². The van der Waals surface area contributed by atoms with E-state index >= 15 is 0 Å². The van der Waals surface area contributed by atoms with E-state index in [1.807, 2.05) is 42.4 Å². The highest BCUT2D eigenvalue weighted by Crippen LogP contribution is 2.26. The summed E-state index contributed by atoms with van der Waals surface area (Å²) in [6.45, 7) is 3.01. The molecular weight excluding hydrogens is 393 g/mol. The molecule has 2 aromatic rings. The molecule has 28 heavy (non-hydrogen) atoms. The van der Waals surface area contributed by atoms with Crippen LogP contribution in [0.2, 0.25) is 10.0 Å². The van der Waals surface area contributed by atoms with Crippen LogP contribution in [-0.4, -0.2) is 53.4 Å². The van der Waals surface area contributed by atoms with Crippen molar-refractivity contribution in [1.29, 1.82) is 0 Å². The van der Waals surface area contributed by atoms with Gasteiger partial charge < -0.3 is 9.80 Å². The lowest BCUT2D eigenvalue weighted by molar-refractivity contribution is -0.127. The smallest absolute Gasteiger partial charge is 0.246 e. The van der Waals surface area contributed by atoms with E-state index < -0.39 is 0 Å². The predicted octanol–water partition coefficient (Wildman–Crippen LogP) is 4.57. The van der Waals surface area contributed by atoms with Gasteiger partial charge in [-0.1, -0.05) is 41.4 Å². The van der Waals surface area contributed by atoms with E-state index in [0.717, 1.165) is 50.2 Å². The van der Waals surface area contributed by atoms with Gasteiger partial charge >= 0.3 is 0 Å². The number of likely N-dealkylation sites (tertiary alicyclic amines) is 1. The van der Waals surface area contributed by atoms with Gasteiger partial charge in [0.15, 0.2) is 0 Å². The summed E-state index contributed by atoms with van der Waals surface area (Å²) in [6.07, 6.45) is 8.07. The fourth-order valence-corrected chi connectivity index (χ4v) is 3.83. The average molecular weight is 418 g/mol. The third-order valence-corrected chi connectivity index (χ3v) is 6.08. The van der Waals surface area contributed by atoms with Crippen LogP contribution in [0.15, 0.2) is 48.7 Å². The van der Waals surface area contributed by atoms with Gasteiger partial charge in [-0.15, -0.1) is 0 Å². The van der Waals surface area contributed by atoms with Crippen molar-refractivity contribution in [3.05, 3.63) is 70.0 Å². The number of amides is 1. The maximum Gasteiger partial charge on any atom is 0.246 e. The third kappa shape index (κ3) is 5.57. The molecule has 0 spiro atoms. The predicted molar refractivity (Wildman–Crippen MR) is 116 cm³/mol. The van der Waals surface area contributed by atoms with Crippen LogP contribution in [0.25, 0.3) is 6.08 Å². The maximum atomic E-state index is 12.5. The Kier molecular flexibility index (Phi) is 7.49. The van der Waals surface area contributed by atoms with Crippen molar-refractivity contribution in [3.63, 3.8) is 0 Å². The molecular formula is C22H25Cl2N3O. The first-order valence-electron chi connectivity index (χ1n) is 9.56. The Labute approximate surface area is 176 Å². The van der Waals surface area contributed by atoms with E-state index in [2.05, 4.69) is 16.0 Å². The number of hydrogen-bond acceptors (Lipinski definition) is 3. The lowest BCUT2D eigenvalue weighted by atomic mass is 10.0. The fraction of sp³-hybridized carbons (Fsp3) is 0.364. The van der Waals surface area contributed by atoms with Crippen LogP contribution in [-0.2, 0) is 11.2 Å². The number of piperidine rings is 1. The summed E-state index contributed by atoms with van der Waals surface area (Å²) in [5.74, 6) is -0.0111. The zero-order chi connectivity index (χ0) is 19.9. The monoisotopic (exact) mass is 417 g/mol. The molecule has 1 amide bonds. The van der Waals surface area contributed by atoms with Crippen LogP contribution in [0.1, 0.15) is 24.1 Å². The standard InChI is InChI=1S/C22H25Cl2N3O/c1-26(21(28)9-8-17-5-4-7-20(23)22(17)24)19-11-15-27(16-12-19)14-10-18-6-2-3-13-25-18/h2-9,13,19H,10-12,14-16H2,1H3/b9-8+. The van der Waals surface area contributed by atoms with Gasteiger partial charge in [0.2, 0.25) is 5.91 Å². The Morgan fingerprint density at radius 2 is 2.00 bits per heavy atom. The third-order valence-electron chi connectivity index (χ3n) is 5.25. The molecule has 148 valence electrons. The summed E-state index contributed by atoms with van der Waals surface area (Å²) in [6, 6.07) is 11.7. The van der Waals surface area contributed by atoms with Crippen molar-refractivity contribution in [2.75, 3.05) is 26.7 Å². The minimum Gasteiger partial charge on any atom is -0.339 e. The molecule has 1 aromatic heterocycles. The summed E-state index contributed by atoms with van der Waals surface area (Å²) in [7, 11) is 1.88. The summed E-state index contributed by atoms with van der Waals surface area (Å²) >= 11 is 12.2. The van der Waals surface area contributed by atoms with E-state index in [4.69, 9.17) is 23.2 Å². The van der Waals surface area contributed by atoms with E-state index in [1.165, 1.54) is 0 Å². The first-order chi connectivity index (χ1) is 13.5. The molecule has 0 unspecified atom stereocenters. The zero-order valence-electron chi connectivity index (χ0n) is 16.0. The Bertz CT molecular complexity index is 818. The molecule has 3 rings (SSSR count). The summed E-state index contributed by atoms with van der Waals surface area (Å²) in [5.41, 5.74) is 1.88. The van der Waals surface area contributed by atoms with Crippen LogP contribution in [0, 0.1) is 0 Å². The largest absolute Gasteiger partial charge is 0.339 e. The Balaban J connectivity index is 1.47. The second-order valence-corrected chi connectivity index (χ2v) is 7.85. The molecule has 0 atom stereocenters. The average Bonchev–Trinajstić information content (AvgIpc) is 2.73. The number of carbonyl (C=O) groups is 1. The summed E-state index contributed by atoms with van der Waals surface area (Å²) in [5, 5.41) is 0.958. The number of hydrogen-bond donors (Lipinski definition) is 0. The zero-order valence-corrected chi connectivity index (χ0v) is 17.5. The molecule has 1 aliphatic rings. The van der Waals surface area contributed by atoms with Crippen molar-refractivity contribution in [2.24, 2.45) is 0 Å². The number of aromatic nitrogens is 1. The lowest BCUT2D eigenvalue weighted by Gasteiger charge is -2.36. The molecule has 1 aromatic carbocycles. The number of rotatable bonds is 6. The van der Waals surface area contributed by atoms with Gasteiger partial charge in [0, 0.05) is 57.1 Å². The SMILES string of the molecule is CN(C(=O)/C=C/c1cccc(Cl)c1Cl)C1CCN(CCc2ccccn2)CC1. The number of nitrogens with zero attached hydrogens (tertiary/aromatic N) is 3. The van der Waals surface area contributed by atoms with Gasteiger partial charge in [-0.2, -0.15) is 0 Å². The molecule has 1 fully saturated rings. The molecule has 2 heterocycles. The number of pyridine rings is 1. The molecule has 1 saturated heterocycles. The van der Waals surface area contributed by atoms with Crippen molar-refractivity contribution >= 4 is 35.2 Å². The van der Waals surface area contributed by atoms with Gasteiger partial charge in [0.25, 0.3) is 0 Å². The first kappa shape index (κ1) is 20.8. The Hall–Kier alpha value is -1.88. The molecule has 0 N–H and O–H groups in total. The molecule has 1 aliphatic heterocycles. The normalized spacial score (nSPS) is 15.8. The highest BCUT2D eigenvalue weighted by atomic mass is 35.5. The summed E-state index contributed by atoms with van der Waals surface area (Å²) in [4.78, 5) is 21.2. The van der Waals surface area contributed by atoms with E-state index in [1.54, 1.807) is 18.2 Å². The molecule has 0 saturated carbocycles. The van der Waals surface area contributed by atoms with Crippen molar-refractivity contribution in [3.8, 4) is 0 Å². The number of carbonyl (C=O) groups excluding carboxylic acids is 1. The van der Waals surface area contributed by atoms with Crippen molar-refractivity contribution in [2.45, 2.75) is 25.3 Å². The van der Waals surface area contributed by atoms with Crippen LogP contribution >= 0.6 is 23.2 Å². The van der Waals surface area contributed by atoms with Crippen molar-refractivity contribution in [1.82, 2.24) is 14.8 Å². The van der Waals surface area contributed by atoms with E-state index in [9.17, 15) is 4.79 Å². The fourth-order valence-electron chi connectivity index (χ4n) is 3.46. The van der Waals surface area contributed by atoms with Gasteiger partial charge in [-0.05, 0) is 42.7 Å². The number of halogens is 2. The maximum absolute atomic E-state index is 12.5. The van der Waals surface area contributed by atoms with E-state index in [0.29, 0.717) is 10.0 Å². The van der Waals surface area contributed by atoms with Crippen LogP contribution < -0.4 is 0 Å².